The number of amides is 1. The Bertz CT molecular complexity index is 486. The number of hydrogen-bond donors (Lipinski definition) is 2. The van der Waals surface area contributed by atoms with Gasteiger partial charge in [-0.05, 0) is 31.2 Å². The summed E-state index contributed by atoms with van der Waals surface area (Å²) in [6.45, 7) is 0. The fourth-order valence-corrected chi connectivity index (χ4v) is 3.24. The molecule has 0 spiro atoms. The molecule has 2 atom stereocenters. The number of hydrogen-bond acceptors (Lipinski definition) is 2. The normalized spacial score (nSPS) is 21.3. The molecule has 0 heterocycles. The summed E-state index contributed by atoms with van der Waals surface area (Å²) >= 11 is 0. The molecule has 1 aliphatic carbocycles. The summed E-state index contributed by atoms with van der Waals surface area (Å²) in [5.74, 6) is -0.340. The lowest BCUT2D eigenvalue weighted by atomic mass is 9.80. The molecule has 1 aliphatic rings. The van der Waals surface area contributed by atoms with E-state index >= 15 is 0 Å². The van der Waals surface area contributed by atoms with E-state index in [1.807, 2.05) is 6.07 Å². The fourth-order valence-electron chi connectivity index (χ4n) is 3.24. The van der Waals surface area contributed by atoms with Crippen LogP contribution in [0.2, 0.25) is 0 Å². The Labute approximate surface area is 131 Å². The van der Waals surface area contributed by atoms with Gasteiger partial charge in [0.25, 0.3) is 0 Å². The Morgan fingerprint density at radius 1 is 1.05 bits per heavy atom. The largest absolute Gasteiger partial charge is 0.481 e. The van der Waals surface area contributed by atoms with Gasteiger partial charge in [-0.25, -0.2) is 0 Å². The average Bonchev–Trinajstić information content (AvgIpc) is 2.53. The second kappa shape index (κ2) is 8.57. The summed E-state index contributed by atoms with van der Waals surface area (Å²) in [5, 5.41) is 11.8. The maximum absolute atomic E-state index is 12.1. The molecule has 1 aromatic rings. The smallest absolute Gasteiger partial charge is 0.303 e. The fraction of sp³-hybridized carbons (Fsp3) is 0.556. The third-order valence-electron chi connectivity index (χ3n) is 4.38. The van der Waals surface area contributed by atoms with Crippen LogP contribution in [0.4, 0.5) is 0 Å². The second-order valence-corrected chi connectivity index (χ2v) is 6.08. The number of rotatable bonds is 7. The standard InChI is InChI=1S/C18H25NO3/c20-17(12-6-7-13-18(21)22)19-16-11-5-4-10-15(16)14-8-2-1-3-9-14/h1-3,8-9,15-16H,4-7,10-13H2,(H,19,20)(H,21,22). The molecule has 0 radical (unpaired) electrons. The van der Waals surface area contributed by atoms with Crippen LogP contribution in [0.1, 0.15) is 62.8 Å². The highest BCUT2D eigenvalue weighted by Gasteiger charge is 2.27. The molecule has 120 valence electrons. The minimum absolute atomic E-state index is 0.0539. The molecule has 0 aliphatic heterocycles. The van der Waals surface area contributed by atoms with Crippen LogP contribution >= 0.6 is 0 Å². The maximum atomic E-state index is 12.1. The summed E-state index contributed by atoms with van der Waals surface area (Å²) in [6, 6.07) is 10.6. The summed E-state index contributed by atoms with van der Waals surface area (Å²) in [6.07, 6.45) is 6.29. The zero-order valence-electron chi connectivity index (χ0n) is 13.0. The van der Waals surface area contributed by atoms with Crippen molar-refractivity contribution in [3.05, 3.63) is 35.9 Å². The maximum Gasteiger partial charge on any atom is 0.303 e. The predicted molar refractivity (Wildman–Crippen MR) is 85.7 cm³/mol. The zero-order chi connectivity index (χ0) is 15.8. The highest BCUT2D eigenvalue weighted by Crippen LogP contribution is 2.33. The molecule has 22 heavy (non-hydrogen) atoms. The van der Waals surface area contributed by atoms with E-state index in [0.717, 1.165) is 19.3 Å². The molecule has 0 bridgehead atoms. The van der Waals surface area contributed by atoms with Gasteiger partial charge in [0.2, 0.25) is 5.91 Å². The van der Waals surface area contributed by atoms with E-state index in [-0.39, 0.29) is 18.4 Å². The number of carboxylic acid groups (broad SMARTS) is 1. The first-order valence-corrected chi connectivity index (χ1v) is 8.23. The molecule has 1 amide bonds. The molecule has 2 unspecified atom stereocenters. The van der Waals surface area contributed by atoms with E-state index in [1.54, 1.807) is 0 Å². The molecule has 0 saturated heterocycles. The summed E-state index contributed by atoms with van der Waals surface area (Å²) in [4.78, 5) is 22.5. The monoisotopic (exact) mass is 303 g/mol. The van der Waals surface area contributed by atoms with E-state index in [4.69, 9.17) is 5.11 Å². The lowest BCUT2D eigenvalue weighted by Crippen LogP contribution is -2.40. The first-order valence-electron chi connectivity index (χ1n) is 8.23. The van der Waals surface area contributed by atoms with Gasteiger partial charge < -0.3 is 10.4 Å². The lowest BCUT2D eigenvalue weighted by Gasteiger charge is -2.32. The first-order chi connectivity index (χ1) is 10.7. The minimum Gasteiger partial charge on any atom is -0.481 e. The van der Waals surface area contributed by atoms with Crippen molar-refractivity contribution in [2.45, 2.75) is 63.3 Å². The average molecular weight is 303 g/mol. The van der Waals surface area contributed by atoms with E-state index in [1.165, 1.54) is 12.0 Å². The van der Waals surface area contributed by atoms with E-state index < -0.39 is 5.97 Å². The third-order valence-corrected chi connectivity index (χ3v) is 4.38. The van der Waals surface area contributed by atoms with Crippen LogP contribution in [0.3, 0.4) is 0 Å². The van der Waals surface area contributed by atoms with Crippen LogP contribution < -0.4 is 5.32 Å². The molecule has 1 aromatic carbocycles. The van der Waals surface area contributed by atoms with Gasteiger partial charge in [0.15, 0.2) is 0 Å². The van der Waals surface area contributed by atoms with Crippen molar-refractivity contribution in [3.63, 3.8) is 0 Å². The highest BCUT2D eigenvalue weighted by atomic mass is 16.4. The van der Waals surface area contributed by atoms with Gasteiger partial charge in [-0.2, -0.15) is 0 Å². The quantitative estimate of drug-likeness (QED) is 0.758. The molecule has 0 aromatic heterocycles. The second-order valence-electron chi connectivity index (χ2n) is 6.08. The Kier molecular flexibility index (Phi) is 6.44. The van der Waals surface area contributed by atoms with E-state index in [2.05, 4.69) is 29.6 Å². The number of nitrogens with one attached hydrogen (secondary N) is 1. The Hall–Kier alpha value is -1.84. The highest BCUT2D eigenvalue weighted by molar-refractivity contribution is 5.76. The summed E-state index contributed by atoms with van der Waals surface area (Å²) < 4.78 is 0. The van der Waals surface area contributed by atoms with Crippen molar-refractivity contribution in [2.75, 3.05) is 0 Å². The third kappa shape index (κ3) is 5.17. The number of carbonyl (C=O) groups is 2. The molecular weight excluding hydrogens is 278 g/mol. The van der Waals surface area contributed by atoms with Gasteiger partial charge in [-0.3, -0.25) is 9.59 Å². The van der Waals surface area contributed by atoms with Crippen LogP contribution in [0.25, 0.3) is 0 Å². The van der Waals surface area contributed by atoms with Gasteiger partial charge in [-0.1, -0.05) is 43.2 Å². The number of aliphatic carboxylic acids is 1. The van der Waals surface area contributed by atoms with Crippen LogP contribution in [-0.4, -0.2) is 23.0 Å². The number of benzene rings is 1. The minimum atomic E-state index is -0.795. The zero-order valence-corrected chi connectivity index (χ0v) is 13.0. The van der Waals surface area contributed by atoms with Crippen molar-refractivity contribution in [3.8, 4) is 0 Å². The van der Waals surface area contributed by atoms with E-state index in [0.29, 0.717) is 25.2 Å². The Morgan fingerprint density at radius 3 is 2.45 bits per heavy atom. The topological polar surface area (TPSA) is 66.4 Å². The van der Waals surface area contributed by atoms with Gasteiger partial charge >= 0.3 is 5.97 Å². The Morgan fingerprint density at radius 2 is 1.73 bits per heavy atom. The summed E-state index contributed by atoms with van der Waals surface area (Å²) in [5.41, 5.74) is 1.30. The van der Waals surface area contributed by atoms with Gasteiger partial charge in [-0.15, -0.1) is 0 Å². The van der Waals surface area contributed by atoms with Gasteiger partial charge in [0.1, 0.15) is 0 Å². The number of carbonyl (C=O) groups excluding carboxylic acids is 1. The van der Waals surface area contributed by atoms with Gasteiger partial charge in [0.05, 0.1) is 0 Å². The lowest BCUT2D eigenvalue weighted by molar-refractivity contribution is -0.137. The SMILES string of the molecule is O=C(O)CCCCC(=O)NC1CCCCC1c1ccccc1. The van der Waals surface area contributed by atoms with Gasteiger partial charge in [0, 0.05) is 24.8 Å². The number of carboxylic acids is 1. The molecule has 1 fully saturated rings. The van der Waals surface area contributed by atoms with Crippen molar-refractivity contribution in [1.82, 2.24) is 5.32 Å². The van der Waals surface area contributed by atoms with Crippen LogP contribution in [0, 0.1) is 0 Å². The summed E-state index contributed by atoms with van der Waals surface area (Å²) in [7, 11) is 0. The van der Waals surface area contributed by atoms with E-state index in [9.17, 15) is 9.59 Å². The van der Waals surface area contributed by atoms with Crippen LogP contribution in [0.5, 0.6) is 0 Å². The van der Waals surface area contributed by atoms with Crippen molar-refractivity contribution < 1.29 is 14.7 Å². The van der Waals surface area contributed by atoms with Crippen molar-refractivity contribution in [2.24, 2.45) is 0 Å². The predicted octanol–water partition coefficient (Wildman–Crippen LogP) is 3.47. The van der Waals surface area contributed by atoms with Crippen molar-refractivity contribution in [1.29, 1.82) is 0 Å². The first kappa shape index (κ1) is 16.5. The molecule has 4 nitrogen and oxygen atoms in total. The van der Waals surface area contributed by atoms with Crippen molar-refractivity contribution >= 4 is 11.9 Å². The molecule has 4 heteroatoms. The molecular formula is C18H25NO3. The number of unbranched alkanes of at least 4 members (excludes halogenated alkanes) is 1. The Balaban J connectivity index is 1.83. The van der Waals surface area contributed by atoms with Crippen LogP contribution in [-0.2, 0) is 9.59 Å². The molecule has 1 saturated carbocycles. The molecule has 2 rings (SSSR count). The van der Waals surface area contributed by atoms with Crippen LogP contribution in [0.15, 0.2) is 30.3 Å². The molecule has 2 N–H and O–H groups in total.